The molecule has 0 aromatic carbocycles. The van der Waals surface area contributed by atoms with Crippen molar-refractivity contribution in [2.45, 2.75) is 13.5 Å². The van der Waals surface area contributed by atoms with Crippen molar-refractivity contribution in [1.29, 1.82) is 0 Å². The number of nitrogens with two attached hydrogens (primary N) is 1. The monoisotopic (exact) mass is 193 g/mol. The third kappa shape index (κ3) is 2.16. The third-order valence-corrected chi connectivity index (χ3v) is 1.90. The molecule has 1 aromatic rings. The van der Waals surface area contributed by atoms with Crippen LogP contribution in [0.1, 0.15) is 17.4 Å². The van der Waals surface area contributed by atoms with Crippen LogP contribution in [-0.4, -0.2) is 17.0 Å². The van der Waals surface area contributed by atoms with Crippen molar-refractivity contribution in [3.8, 4) is 0 Å². The first kappa shape index (κ1) is 10.4. The highest BCUT2D eigenvalue weighted by Gasteiger charge is 2.10. The predicted molar refractivity (Wildman–Crippen MR) is 57.0 cm³/mol. The molecule has 4 heteroatoms. The number of aryl methyl sites for hydroxylation is 1. The predicted octanol–water partition coefficient (Wildman–Crippen LogP) is 1.01. The number of amides is 1. The standard InChI is InChI=1S/C10H15N3O/c1-3-5-12-10(14)9-6-8(11)7-13(9)4-2/h3,6-7H,1,4-5,11H2,2H3,(H,12,14). The number of aromatic nitrogens is 1. The lowest BCUT2D eigenvalue weighted by Gasteiger charge is -2.05. The van der Waals surface area contributed by atoms with E-state index in [1.807, 2.05) is 11.5 Å². The van der Waals surface area contributed by atoms with Crippen molar-refractivity contribution in [2.75, 3.05) is 12.3 Å². The maximum atomic E-state index is 11.6. The molecule has 0 saturated carbocycles. The van der Waals surface area contributed by atoms with Crippen molar-refractivity contribution in [1.82, 2.24) is 9.88 Å². The molecule has 0 spiro atoms. The van der Waals surface area contributed by atoms with Gasteiger partial charge in [0.15, 0.2) is 0 Å². The van der Waals surface area contributed by atoms with Crippen molar-refractivity contribution in [3.63, 3.8) is 0 Å². The van der Waals surface area contributed by atoms with Crippen molar-refractivity contribution in [3.05, 3.63) is 30.6 Å². The first-order valence-electron chi connectivity index (χ1n) is 4.53. The lowest BCUT2D eigenvalue weighted by atomic mass is 10.3. The highest BCUT2D eigenvalue weighted by Crippen LogP contribution is 2.09. The molecule has 14 heavy (non-hydrogen) atoms. The van der Waals surface area contributed by atoms with Crippen LogP contribution >= 0.6 is 0 Å². The second kappa shape index (κ2) is 4.50. The summed E-state index contributed by atoms with van der Waals surface area (Å²) < 4.78 is 1.81. The van der Waals surface area contributed by atoms with Crippen LogP contribution in [0, 0.1) is 0 Å². The van der Waals surface area contributed by atoms with Gasteiger partial charge < -0.3 is 15.6 Å². The highest BCUT2D eigenvalue weighted by atomic mass is 16.1. The average molecular weight is 193 g/mol. The van der Waals surface area contributed by atoms with Crippen LogP contribution in [-0.2, 0) is 6.54 Å². The number of anilines is 1. The number of rotatable bonds is 4. The Kier molecular flexibility index (Phi) is 3.34. The van der Waals surface area contributed by atoms with Gasteiger partial charge in [-0.15, -0.1) is 6.58 Å². The molecule has 1 heterocycles. The molecule has 0 radical (unpaired) electrons. The number of carbonyl (C=O) groups is 1. The second-order valence-electron chi connectivity index (χ2n) is 2.94. The molecule has 0 unspecified atom stereocenters. The van der Waals surface area contributed by atoms with E-state index in [1.54, 1.807) is 18.3 Å². The van der Waals surface area contributed by atoms with E-state index in [0.29, 0.717) is 17.9 Å². The smallest absolute Gasteiger partial charge is 0.268 e. The zero-order valence-corrected chi connectivity index (χ0v) is 8.29. The van der Waals surface area contributed by atoms with Gasteiger partial charge in [0.05, 0.1) is 5.69 Å². The Labute approximate surface area is 83.4 Å². The molecule has 0 fully saturated rings. The topological polar surface area (TPSA) is 60.1 Å². The van der Waals surface area contributed by atoms with Crippen LogP contribution in [0.4, 0.5) is 5.69 Å². The molecule has 1 aromatic heterocycles. The summed E-state index contributed by atoms with van der Waals surface area (Å²) in [5, 5.41) is 2.70. The first-order chi connectivity index (χ1) is 6.69. The third-order valence-electron chi connectivity index (χ3n) is 1.90. The number of carbonyl (C=O) groups excluding carboxylic acids is 1. The Morgan fingerprint density at radius 3 is 3.07 bits per heavy atom. The molecule has 1 rings (SSSR count). The second-order valence-corrected chi connectivity index (χ2v) is 2.94. The van der Waals surface area contributed by atoms with Gasteiger partial charge in [0, 0.05) is 19.3 Å². The number of nitrogens with zero attached hydrogens (tertiary/aromatic N) is 1. The molecule has 0 aliphatic heterocycles. The van der Waals surface area contributed by atoms with E-state index in [9.17, 15) is 4.79 Å². The Morgan fingerprint density at radius 1 is 1.79 bits per heavy atom. The van der Waals surface area contributed by atoms with Crippen molar-refractivity contribution >= 4 is 11.6 Å². The van der Waals surface area contributed by atoms with Crippen LogP contribution in [0.3, 0.4) is 0 Å². The van der Waals surface area contributed by atoms with E-state index in [1.165, 1.54) is 0 Å². The van der Waals surface area contributed by atoms with Gasteiger partial charge in [-0.2, -0.15) is 0 Å². The Balaban J connectivity index is 2.82. The average Bonchev–Trinajstić information content (AvgIpc) is 2.56. The fraction of sp³-hybridized carbons (Fsp3) is 0.300. The van der Waals surface area contributed by atoms with Crippen molar-refractivity contribution in [2.24, 2.45) is 0 Å². The van der Waals surface area contributed by atoms with E-state index in [4.69, 9.17) is 5.73 Å². The molecule has 0 aliphatic rings. The lowest BCUT2D eigenvalue weighted by Crippen LogP contribution is -2.25. The summed E-state index contributed by atoms with van der Waals surface area (Å²) in [6.45, 7) is 6.69. The van der Waals surface area contributed by atoms with Crippen LogP contribution in [0.2, 0.25) is 0 Å². The molecule has 0 saturated heterocycles. The number of hydrogen-bond acceptors (Lipinski definition) is 2. The van der Waals surface area contributed by atoms with Crippen molar-refractivity contribution < 1.29 is 4.79 Å². The minimum Gasteiger partial charge on any atom is -0.397 e. The molecular formula is C10H15N3O. The number of hydrogen-bond donors (Lipinski definition) is 2. The maximum absolute atomic E-state index is 11.6. The van der Waals surface area contributed by atoms with Gasteiger partial charge in [0.1, 0.15) is 5.69 Å². The normalized spacial score (nSPS) is 9.79. The lowest BCUT2D eigenvalue weighted by molar-refractivity contribution is 0.0949. The SMILES string of the molecule is C=CCNC(=O)c1cc(N)cn1CC. The summed E-state index contributed by atoms with van der Waals surface area (Å²) in [5.41, 5.74) is 6.80. The number of nitrogen functional groups attached to an aromatic ring is 1. The van der Waals surface area contributed by atoms with Gasteiger partial charge in [-0.05, 0) is 13.0 Å². The molecule has 3 N–H and O–H groups in total. The van der Waals surface area contributed by atoms with Gasteiger partial charge in [-0.1, -0.05) is 6.08 Å². The zero-order chi connectivity index (χ0) is 10.6. The molecule has 1 amide bonds. The Hall–Kier alpha value is -1.71. The van der Waals surface area contributed by atoms with Gasteiger partial charge in [0.25, 0.3) is 5.91 Å². The minimum atomic E-state index is -0.122. The zero-order valence-electron chi connectivity index (χ0n) is 8.29. The van der Waals surface area contributed by atoms with Crippen LogP contribution in [0.25, 0.3) is 0 Å². The summed E-state index contributed by atoms with van der Waals surface area (Å²) in [6, 6.07) is 1.67. The quantitative estimate of drug-likeness (QED) is 0.701. The summed E-state index contributed by atoms with van der Waals surface area (Å²) >= 11 is 0. The van der Waals surface area contributed by atoms with Crippen LogP contribution < -0.4 is 11.1 Å². The summed E-state index contributed by atoms with van der Waals surface area (Å²) in [6.07, 6.45) is 3.39. The fourth-order valence-corrected chi connectivity index (χ4v) is 1.24. The van der Waals surface area contributed by atoms with E-state index < -0.39 is 0 Å². The molecule has 0 atom stereocenters. The number of nitrogens with one attached hydrogen (secondary N) is 1. The summed E-state index contributed by atoms with van der Waals surface area (Å²) in [7, 11) is 0. The van der Waals surface area contributed by atoms with Gasteiger partial charge in [-0.25, -0.2) is 0 Å². The first-order valence-corrected chi connectivity index (χ1v) is 4.53. The van der Waals surface area contributed by atoms with E-state index in [-0.39, 0.29) is 5.91 Å². The summed E-state index contributed by atoms with van der Waals surface area (Å²) in [5.74, 6) is -0.122. The van der Waals surface area contributed by atoms with E-state index in [0.717, 1.165) is 6.54 Å². The molecule has 0 bridgehead atoms. The summed E-state index contributed by atoms with van der Waals surface area (Å²) in [4.78, 5) is 11.6. The van der Waals surface area contributed by atoms with Gasteiger partial charge in [-0.3, -0.25) is 4.79 Å². The maximum Gasteiger partial charge on any atom is 0.268 e. The largest absolute Gasteiger partial charge is 0.397 e. The van der Waals surface area contributed by atoms with Crippen LogP contribution in [0.15, 0.2) is 24.9 Å². The molecule has 0 aliphatic carbocycles. The van der Waals surface area contributed by atoms with E-state index in [2.05, 4.69) is 11.9 Å². The molecule has 4 nitrogen and oxygen atoms in total. The van der Waals surface area contributed by atoms with Crippen LogP contribution in [0.5, 0.6) is 0 Å². The minimum absolute atomic E-state index is 0.122. The van der Waals surface area contributed by atoms with Gasteiger partial charge >= 0.3 is 0 Å². The Bertz CT molecular complexity index is 341. The highest BCUT2D eigenvalue weighted by molar-refractivity contribution is 5.93. The van der Waals surface area contributed by atoms with Gasteiger partial charge in [0.2, 0.25) is 0 Å². The van der Waals surface area contributed by atoms with E-state index >= 15 is 0 Å². The molecular weight excluding hydrogens is 178 g/mol. The fourth-order valence-electron chi connectivity index (χ4n) is 1.24. The molecule has 76 valence electrons. The Morgan fingerprint density at radius 2 is 2.50 bits per heavy atom.